The molecule has 1 rings (SSSR count). The molecule has 4 nitrogen and oxygen atoms in total. The van der Waals surface area contributed by atoms with Crippen molar-refractivity contribution in [2.75, 3.05) is 6.54 Å². The molecule has 1 fully saturated rings. The number of hydrogen-bond acceptors (Lipinski definition) is 3. The Morgan fingerprint density at radius 2 is 1.82 bits per heavy atom. The molecule has 17 heavy (non-hydrogen) atoms. The van der Waals surface area contributed by atoms with Crippen LogP contribution >= 0.6 is 0 Å². The number of rotatable bonds is 1. The monoisotopic (exact) mass is 241 g/mol. The molecule has 1 heterocycles. The van der Waals surface area contributed by atoms with E-state index < -0.39 is 5.60 Å². The highest BCUT2D eigenvalue weighted by molar-refractivity contribution is 5.86. The van der Waals surface area contributed by atoms with Gasteiger partial charge in [0.15, 0.2) is 5.78 Å². The average molecular weight is 241 g/mol. The number of Topliss-reactive ketones (excluding diaryl/α,β-unsaturated/α-hetero) is 1. The highest BCUT2D eigenvalue weighted by Crippen LogP contribution is 2.35. The van der Waals surface area contributed by atoms with E-state index in [0.29, 0.717) is 13.0 Å². The maximum Gasteiger partial charge on any atom is 0.410 e. The largest absolute Gasteiger partial charge is 0.444 e. The van der Waals surface area contributed by atoms with Crippen LogP contribution in [0.25, 0.3) is 0 Å². The first-order valence-corrected chi connectivity index (χ1v) is 6.02. The normalized spacial score (nSPS) is 23.6. The van der Waals surface area contributed by atoms with E-state index in [1.165, 1.54) is 6.92 Å². The Balaban J connectivity index is 2.81. The number of amides is 1. The lowest BCUT2D eigenvalue weighted by atomic mass is 9.90. The molecule has 0 aromatic rings. The maximum atomic E-state index is 12.0. The van der Waals surface area contributed by atoms with Crippen molar-refractivity contribution in [3.05, 3.63) is 0 Å². The number of likely N-dealkylation sites (tertiary alicyclic amines) is 1. The molecule has 0 aromatic heterocycles. The first-order valence-electron chi connectivity index (χ1n) is 6.02. The summed E-state index contributed by atoms with van der Waals surface area (Å²) in [5.41, 5.74) is -0.543. The van der Waals surface area contributed by atoms with E-state index in [-0.39, 0.29) is 23.3 Å². The molecule has 0 N–H and O–H groups in total. The maximum absolute atomic E-state index is 12.0. The van der Waals surface area contributed by atoms with Crippen molar-refractivity contribution >= 4 is 11.9 Å². The van der Waals surface area contributed by atoms with E-state index >= 15 is 0 Å². The molecule has 1 aliphatic heterocycles. The lowest BCUT2D eigenvalue weighted by Crippen LogP contribution is -2.42. The summed E-state index contributed by atoms with van der Waals surface area (Å²) in [6, 6.07) is -0.333. The second-order valence-corrected chi connectivity index (χ2v) is 6.60. The van der Waals surface area contributed by atoms with Crippen molar-refractivity contribution in [2.45, 2.75) is 59.6 Å². The summed E-state index contributed by atoms with van der Waals surface area (Å²) < 4.78 is 5.33. The van der Waals surface area contributed by atoms with E-state index in [1.807, 2.05) is 20.8 Å². The lowest BCUT2D eigenvalue weighted by molar-refractivity contribution is -0.121. The molecule has 1 atom stereocenters. The van der Waals surface area contributed by atoms with Gasteiger partial charge in [0.25, 0.3) is 0 Å². The van der Waals surface area contributed by atoms with E-state index in [4.69, 9.17) is 4.74 Å². The zero-order valence-corrected chi connectivity index (χ0v) is 11.7. The number of nitrogens with zero attached hydrogens (tertiary/aromatic N) is 1. The van der Waals surface area contributed by atoms with Crippen molar-refractivity contribution in [3.63, 3.8) is 0 Å². The first-order chi connectivity index (χ1) is 7.52. The average Bonchev–Trinajstić information content (AvgIpc) is 2.38. The zero-order valence-electron chi connectivity index (χ0n) is 11.7. The molecule has 1 aliphatic rings. The third-order valence-electron chi connectivity index (χ3n) is 2.82. The third-order valence-corrected chi connectivity index (χ3v) is 2.82. The number of carbonyl (C=O) groups is 2. The summed E-state index contributed by atoms with van der Waals surface area (Å²) in [6.07, 6.45) is 0.324. The van der Waals surface area contributed by atoms with Crippen LogP contribution in [0.15, 0.2) is 0 Å². The van der Waals surface area contributed by atoms with Gasteiger partial charge in [0.2, 0.25) is 0 Å². The van der Waals surface area contributed by atoms with Gasteiger partial charge < -0.3 is 4.74 Å². The summed E-state index contributed by atoms with van der Waals surface area (Å²) in [5.74, 6) is 0.0291. The second kappa shape index (κ2) is 4.31. The molecule has 0 bridgehead atoms. The van der Waals surface area contributed by atoms with Crippen LogP contribution < -0.4 is 0 Å². The fourth-order valence-corrected chi connectivity index (χ4v) is 2.15. The summed E-state index contributed by atoms with van der Waals surface area (Å²) >= 11 is 0. The van der Waals surface area contributed by atoms with E-state index in [2.05, 4.69) is 13.8 Å². The Kier molecular flexibility index (Phi) is 3.55. The van der Waals surface area contributed by atoms with Gasteiger partial charge in [0, 0.05) is 6.54 Å². The van der Waals surface area contributed by atoms with Crippen molar-refractivity contribution in [1.82, 2.24) is 4.90 Å². The minimum atomic E-state index is -0.523. The van der Waals surface area contributed by atoms with Crippen LogP contribution in [0, 0.1) is 5.41 Å². The quantitative estimate of drug-likeness (QED) is 0.709. The molecule has 0 spiro atoms. The third kappa shape index (κ3) is 3.72. The highest BCUT2D eigenvalue weighted by atomic mass is 16.6. The fourth-order valence-electron chi connectivity index (χ4n) is 2.15. The Hall–Kier alpha value is -1.06. The molecule has 1 saturated heterocycles. The predicted molar refractivity (Wildman–Crippen MR) is 65.8 cm³/mol. The van der Waals surface area contributed by atoms with Crippen LogP contribution in [0.4, 0.5) is 4.79 Å². The molecule has 0 radical (unpaired) electrons. The molecule has 0 aromatic carbocycles. The topological polar surface area (TPSA) is 46.6 Å². The predicted octanol–water partition coefficient (Wildman–Crippen LogP) is 2.61. The lowest BCUT2D eigenvalue weighted by Gasteiger charge is -2.27. The summed E-state index contributed by atoms with van der Waals surface area (Å²) in [4.78, 5) is 25.1. The number of ketones is 1. The van der Waals surface area contributed by atoms with Crippen molar-refractivity contribution in [3.8, 4) is 0 Å². The van der Waals surface area contributed by atoms with Crippen LogP contribution in [0.5, 0.6) is 0 Å². The van der Waals surface area contributed by atoms with Crippen LogP contribution in [0.2, 0.25) is 0 Å². The molecule has 1 amide bonds. The highest BCUT2D eigenvalue weighted by Gasteiger charge is 2.43. The fraction of sp³-hybridized carbons (Fsp3) is 0.846. The van der Waals surface area contributed by atoms with Crippen LogP contribution in [0.3, 0.4) is 0 Å². The van der Waals surface area contributed by atoms with Crippen LogP contribution in [0.1, 0.15) is 48.0 Å². The minimum Gasteiger partial charge on any atom is -0.444 e. The van der Waals surface area contributed by atoms with Gasteiger partial charge in [-0.25, -0.2) is 4.79 Å². The molecule has 0 saturated carbocycles. The molecular weight excluding hydrogens is 218 g/mol. The van der Waals surface area contributed by atoms with Crippen molar-refractivity contribution < 1.29 is 14.3 Å². The molecule has 4 heteroatoms. The van der Waals surface area contributed by atoms with Crippen molar-refractivity contribution in [1.29, 1.82) is 0 Å². The minimum absolute atomic E-state index is 0.0206. The van der Waals surface area contributed by atoms with Gasteiger partial charge in [-0.3, -0.25) is 9.69 Å². The summed E-state index contributed by atoms with van der Waals surface area (Å²) in [7, 11) is 0. The van der Waals surface area contributed by atoms with Gasteiger partial charge in [0.05, 0.1) is 6.04 Å². The molecule has 98 valence electrons. The number of hydrogen-bond donors (Lipinski definition) is 0. The molecular formula is C13H23NO3. The zero-order chi connectivity index (χ0) is 13.4. The SMILES string of the molecule is CC(=O)[C@@H]1CC(C)(C)CN1C(=O)OC(C)(C)C. The Bertz CT molecular complexity index is 328. The van der Waals surface area contributed by atoms with E-state index in [0.717, 1.165) is 0 Å². The van der Waals surface area contributed by atoms with Gasteiger partial charge in [-0.05, 0) is 39.5 Å². The van der Waals surface area contributed by atoms with Gasteiger partial charge in [0.1, 0.15) is 5.60 Å². The van der Waals surface area contributed by atoms with Gasteiger partial charge in [-0.15, -0.1) is 0 Å². The van der Waals surface area contributed by atoms with E-state index in [9.17, 15) is 9.59 Å². The Labute approximate surface area is 103 Å². The molecule has 0 aliphatic carbocycles. The number of ether oxygens (including phenoxy) is 1. The molecule has 0 unspecified atom stereocenters. The van der Waals surface area contributed by atoms with Crippen molar-refractivity contribution in [2.24, 2.45) is 5.41 Å². The van der Waals surface area contributed by atoms with E-state index in [1.54, 1.807) is 4.90 Å². The second-order valence-electron chi connectivity index (χ2n) is 6.60. The van der Waals surface area contributed by atoms with Gasteiger partial charge in [-0.2, -0.15) is 0 Å². The standard InChI is InChI=1S/C13H23NO3/c1-9(15)10-7-13(5,6)8-14(10)11(16)17-12(2,3)4/h10H,7-8H2,1-6H3/t10-/m0/s1. The van der Waals surface area contributed by atoms with Crippen LogP contribution in [-0.2, 0) is 9.53 Å². The smallest absolute Gasteiger partial charge is 0.410 e. The summed E-state index contributed by atoms with van der Waals surface area (Å²) in [5, 5.41) is 0. The summed E-state index contributed by atoms with van der Waals surface area (Å²) in [6.45, 7) is 11.7. The Morgan fingerprint density at radius 3 is 2.24 bits per heavy atom. The first kappa shape index (κ1) is 14.0. The number of carbonyl (C=O) groups excluding carboxylic acids is 2. The Morgan fingerprint density at radius 1 is 1.29 bits per heavy atom. The van der Waals surface area contributed by atoms with Crippen LogP contribution in [-0.4, -0.2) is 35.0 Å². The van der Waals surface area contributed by atoms with Gasteiger partial charge >= 0.3 is 6.09 Å². The van der Waals surface area contributed by atoms with Gasteiger partial charge in [-0.1, -0.05) is 13.8 Å².